The molecular weight excluding hydrogens is 378 g/mol. The topological polar surface area (TPSA) is 119 Å². The number of carbonyl (C=O) groups is 1. The number of nitrogens with two attached hydrogens (primary N) is 2. The highest BCUT2D eigenvalue weighted by Gasteiger charge is 2.28. The first kappa shape index (κ1) is 19.5. The molecule has 2 aromatic heterocycles. The van der Waals surface area contributed by atoms with Crippen molar-refractivity contribution in [2.45, 2.75) is 56.5 Å². The number of pyridine rings is 2. The minimum absolute atomic E-state index is 0.0251. The molecule has 0 aliphatic heterocycles. The van der Waals surface area contributed by atoms with Gasteiger partial charge in [0.1, 0.15) is 11.6 Å². The number of primary amides is 1. The van der Waals surface area contributed by atoms with Gasteiger partial charge in [0.2, 0.25) is 0 Å². The van der Waals surface area contributed by atoms with Crippen molar-refractivity contribution < 1.29 is 13.6 Å². The molecule has 2 fully saturated rings. The molecule has 29 heavy (non-hydrogen) atoms. The van der Waals surface area contributed by atoms with Crippen LogP contribution in [0, 0.1) is 11.6 Å². The van der Waals surface area contributed by atoms with E-state index in [4.69, 9.17) is 11.5 Å². The zero-order chi connectivity index (χ0) is 20.5. The predicted octanol–water partition coefficient (Wildman–Crippen LogP) is 3.16. The minimum atomic E-state index is -0.845. The Kier molecular flexibility index (Phi) is 5.31. The van der Waals surface area contributed by atoms with E-state index in [1.807, 2.05) is 0 Å². The maximum Gasteiger partial charge on any atom is 0.252 e. The summed E-state index contributed by atoms with van der Waals surface area (Å²) in [4.78, 5) is 20.2. The van der Waals surface area contributed by atoms with Crippen molar-refractivity contribution in [1.82, 2.24) is 9.97 Å². The van der Waals surface area contributed by atoms with Crippen LogP contribution in [0.25, 0.3) is 0 Å². The summed E-state index contributed by atoms with van der Waals surface area (Å²) in [5.74, 6) is -1.79. The molecule has 0 saturated heterocycles. The van der Waals surface area contributed by atoms with Crippen LogP contribution in [-0.4, -0.2) is 28.0 Å². The quantitative estimate of drug-likeness (QED) is 0.589. The largest absolute Gasteiger partial charge is 0.365 e. The van der Waals surface area contributed by atoms with Gasteiger partial charge in [-0.25, -0.2) is 13.8 Å². The number of amides is 1. The Morgan fingerprint density at radius 1 is 1.07 bits per heavy atom. The highest BCUT2D eigenvalue weighted by molar-refractivity contribution is 5.98. The molecule has 2 aliphatic rings. The van der Waals surface area contributed by atoms with E-state index in [1.54, 1.807) is 0 Å². The Hall–Kier alpha value is -2.81. The van der Waals surface area contributed by atoms with Crippen LogP contribution in [0.3, 0.4) is 0 Å². The van der Waals surface area contributed by atoms with Crippen molar-refractivity contribution in [3.8, 4) is 0 Å². The van der Waals surface area contributed by atoms with Crippen LogP contribution < -0.4 is 22.1 Å². The molecule has 6 N–H and O–H groups in total. The van der Waals surface area contributed by atoms with Gasteiger partial charge in [0.05, 0.1) is 23.1 Å². The second-order valence-corrected chi connectivity index (χ2v) is 7.77. The normalized spacial score (nSPS) is 21.6. The second kappa shape index (κ2) is 7.90. The van der Waals surface area contributed by atoms with E-state index in [-0.39, 0.29) is 35.2 Å². The number of halogens is 2. The molecule has 0 radical (unpaired) electrons. The van der Waals surface area contributed by atoms with Crippen molar-refractivity contribution in [3.63, 3.8) is 0 Å². The molecule has 0 spiro atoms. The number of hydrogen-bond acceptors (Lipinski definition) is 6. The molecule has 2 heterocycles. The Labute approximate surface area is 167 Å². The number of nitrogens with one attached hydrogen (secondary N) is 2. The van der Waals surface area contributed by atoms with E-state index in [2.05, 4.69) is 20.6 Å². The molecule has 2 saturated carbocycles. The van der Waals surface area contributed by atoms with Gasteiger partial charge < -0.3 is 22.1 Å². The summed E-state index contributed by atoms with van der Waals surface area (Å²) in [5.41, 5.74) is 12.1. The number of hydrogen-bond donors (Lipinski definition) is 4. The molecule has 0 unspecified atom stereocenters. The van der Waals surface area contributed by atoms with E-state index in [0.29, 0.717) is 11.4 Å². The lowest BCUT2D eigenvalue weighted by atomic mass is 9.91. The smallest absolute Gasteiger partial charge is 0.252 e. The summed E-state index contributed by atoms with van der Waals surface area (Å²) >= 11 is 0. The zero-order valence-corrected chi connectivity index (χ0v) is 15.9. The Morgan fingerprint density at radius 3 is 2.48 bits per heavy atom. The van der Waals surface area contributed by atoms with E-state index in [9.17, 15) is 13.6 Å². The first-order valence-electron chi connectivity index (χ1n) is 9.87. The molecule has 1 amide bonds. The Morgan fingerprint density at radius 2 is 1.83 bits per heavy atom. The van der Waals surface area contributed by atoms with Gasteiger partial charge in [-0.05, 0) is 31.7 Å². The van der Waals surface area contributed by atoms with E-state index < -0.39 is 17.5 Å². The van der Waals surface area contributed by atoms with Gasteiger partial charge in [0, 0.05) is 24.1 Å². The van der Waals surface area contributed by atoms with Gasteiger partial charge >= 0.3 is 0 Å². The van der Waals surface area contributed by atoms with Crippen LogP contribution in [0.5, 0.6) is 0 Å². The molecule has 4 rings (SSSR count). The Balaban J connectivity index is 1.62. The van der Waals surface area contributed by atoms with Crippen molar-refractivity contribution in [2.75, 3.05) is 10.6 Å². The number of carbonyl (C=O) groups excluding carboxylic acids is 1. The fourth-order valence-electron chi connectivity index (χ4n) is 3.70. The van der Waals surface area contributed by atoms with Crippen LogP contribution in [0.15, 0.2) is 18.3 Å². The van der Waals surface area contributed by atoms with E-state index in [0.717, 1.165) is 44.6 Å². The summed E-state index contributed by atoms with van der Waals surface area (Å²) in [6, 6.07) is 2.09. The molecule has 0 bridgehead atoms. The van der Waals surface area contributed by atoms with Crippen LogP contribution in [-0.2, 0) is 0 Å². The number of nitrogens with zero attached hydrogens (tertiary/aromatic N) is 2. The molecule has 7 nitrogen and oxygen atoms in total. The third-order valence-corrected chi connectivity index (χ3v) is 5.48. The SMILES string of the molecule is NC(=O)c1cc(F)c(N[C@@H]2CCCC[C@@H]2N)nc1Nc1cnc(C2CC2)c(F)c1. The highest BCUT2D eigenvalue weighted by Crippen LogP contribution is 2.40. The molecule has 0 aromatic carbocycles. The van der Waals surface area contributed by atoms with Crippen molar-refractivity contribution in [3.05, 3.63) is 41.2 Å². The van der Waals surface area contributed by atoms with Crippen molar-refractivity contribution >= 4 is 23.2 Å². The highest BCUT2D eigenvalue weighted by atomic mass is 19.1. The summed E-state index contributed by atoms with van der Waals surface area (Å²) < 4.78 is 28.8. The minimum Gasteiger partial charge on any atom is -0.365 e. The lowest BCUT2D eigenvalue weighted by molar-refractivity contribution is 0.100. The predicted molar refractivity (Wildman–Crippen MR) is 106 cm³/mol. The van der Waals surface area contributed by atoms with Gasteiger partial charge in [-0.1, -0.05) is 12.8 Å². The van der Waals surface area contributed by atoms with Gasteiger partial charge in [-0.15, -0.1) is 0 Å². The Bertz CT molecular complexity index is 933. The standard InChI is InChI=1S/C20H24F2N6O/c21-13-7-11(9-25-17(13)10-5-6-10)26-19-12(18(24)29)8-14(22)20(28-19)27-16-4-2-1-3-15(16)23/h7-10,15-16H,1-6,23H2,(H2,24,29)(H2,26,27,28)/t15-,16+/m0/s1. The van der Waals surface area contributed by atoms with Crippen LogP contribution >= 0.6 is 0 Å². The van der Waals surface area contributed by atoms with Crippen molar-refractivity contribution in [1.29, 1.82) is 0 Å². The summed E-state index contributed by atoms with van der Waals surface area (Å²) in [5, 5.41) is 5.89. The van der Waals surface area contributed by atoms with Crippen molar-refractivity contribution in [2.24, 2.45) is 11.5 Å². The molecule has 154 valence electrons. The summed E-state index contributed by atoms with van der Waals surface area (Å²) in [7, 11) is 0. The second-order valence-electron chi connectivity index (χ2n) is 7.77. The molecule has 9 heteroatoms. The van der Waals surface area contributed by atoms with Gasteiger partial charge in [-0.3, -0.25) is 9.78 Å². The monoisotopic (exact) mass is 402 g/mol. The lowest BCUT2D eigenvalue weighted by Crippen LogP contribution is -2.43. The maximum absolute atomic E-state index is 14.6. The van der Waals surface area contributed by atoms with E-state index >= 15 is 0 Å². The molecular formula is C20H24F2N6O. The summed E-state index contributed by atoms with van der Waals surface area (Å²) in [6.07, 6.45) is 7.02. The van der Waals surface area contributed by atoms with Gasteiger partial charge in [-0.2, -0.15) is 0 Å². The van der Waals surface area contributed by atoms with Gasteiger partial charge in [0.25, 0.3) is 5.91 Å². The third-order valence-electron chi connectivity index (χ3n) is 5.48. The first-order chi connectivity index (χ1) is 13.9. The lowest BCUT2D eigenvalue weighted by Gasteiger charge is -2.30. The molecule has 2 atom stereocenters. The number of anilines is 3. The number of rotatable bonds is 6. The fourth-order valence-corrected chi connectivity index (χ4v) is 3.70. The van der Waals surface area contributed by atoms with E-state index in [1.165, 1.54) is 12.3 Å². The molecule has 2 aliphatic carbocycles. The average Bonchev–Trinajstić information content (AvgIpc) is 3.51. The van der Waals surface area contributed by atoms with Crippen LogP contribution in [0.1, 0.15) is 60.5 Å². The zero-order valence-electron chi connectivity index (χ0n) is 15.9. The van der Waals surface area contributed by atoms with Gasteiger partial charge in [0.15, 0.2) is 11.6 Å². The van der Waals surface area contributed by atoms with Crippen LogP contribution in [0.4, 0.5) is 26.1 Å². The summed E-state index contributed by atoms with van der Waals surface area (Å²) in [6.45, 7) is 0. The fraction of sp³-hybridized carbons (Fsp3) is 0.450. The third kappa shape index (κ3) is 4.29. The average molecular weight is 402 g/mol. The maximum atomic E-state index is 14.6. The number of aromatic nitrogens is 2. The van der Waals surface area contributed by atoms with Crippen LogP contribution in [0.2, 0.25) is 0 Å². The first-order valence-corrected chi connectivity index (χ1v) is 9.87. The molecule has 2 aromatic rings.